The zero-order valence-electron chi connectivity index (χ0n) is 28.6. The smallest absolute Gasteiger partial charge is 0.379 e. The van der Waals surface area contributed by atoms with Gasteiger partial charge in [-0.3, -0.25) is 0 Å². The largest absolute Gasteiger partial charge is 0.473 e. The van der Waals surface area contributed by atoms with Crippen LogP contribution < -0.4 is 4.74 Å². The first-order chi connectivity index (χ1) is 24.7. The van der Waals surface area contributed by atoms with Gasteiger partial charge in [0, 0.05) is 33.6 Å². The van der Waals surface area contributed by atoms with Crippen LogP contribution in [0, 0.1) is 46.0 Å². The molecule has 6 rings (SSSR count). The average molecular weight is 713 g/mol. The highest BCUT2D eigenvalue weighted by atomic mass is 19.3. The lowest BCUT2D eigenvalue weighted by atomic mass is 9.87. The van der Waals surface area contributed by atoms with Crippen molar-refractivity contribution < 1.29 is 42.0 Å². The number of aromatic nitrogens is 3. The van der Waals surface area contributed by atoms with Gasteiger partial charge >= 0.3 is 5.97 Å². The Kier molecular flexibility index (Phi) is 9.77. The number of ether oxygens (including phenoxy) is 2. The van der Waals surface area contributed by atoms with E-state index in [1.165, 1.54) is 56.3 Å². The van der Waals surface area contributed by atoms with Crippen molar-refractivity contribution >= 4 is 17.0 Å². The first-order valence-electron chi connectivity index (χ1n) is 16.1. The standard InChI is InChI=1S/C39H32F4N4O5/c1-38(2)21-50-20-33(38)47-32-15-26(37(48)52-43)13-23(10-11-39(3,4)49)36(32)46-34(47)16-25-14-30(42)27(17-29(25)41)31-6-5-7-35(45-31)51-19-24-9-8-22(18-44)12-28(24)40/h5-9,12-15,17,33,49H,16,19-21H2,1-4H3. The van der Waals surface area contributed by atoms with Crippen molar-refractivity contribution in [2.45, 2.75) is 52.4 Å². The molecule has 0 bridgehead atoms. The molecule has 0 spiro atoms. The normalized spacial score (nSPS) is 15.2. The summed E-state index contributed by atoms with van der Waals surface area (Å²) in [5.74, 6) is 2.41. The van der Waals surface area contributed by atoms with Crippen LogP contribution in [-0.2, 0) is 22.7 Å². The van der Waals surface area contributed by atoms with Crippen molar-refractivity contribution in [2.75, 3.05) is 13.2 Å². The summed E-state index contributed by atoms with van der Waals surface area (Å²) in [6.07, 6.45) is -0.196. The quantitative estimate of drug-likeness (QED) is 0.131. The molecule has 2 aromatic heterocycles. The van der Waals surface area contributed by atoms with Crippen LogP contribution in [0.3, 0.4) is 0 Å². The fourth-order valence-electron chi connectivity index (χ4n) is 5.99. The molecule has 5 aromatic rings. The maximum atomic E-state index is 15.9. The molecule has 13 heteroatoms. The Balaban J connectivity index is 1.38. The van der Waals surface area contributed by atoms with Crippen molar-refractivity contribution in [2.24, 2.45) is 5.41 Å². The Bertz CT molecular complexity index is 2310. The van der Waals surface area contributed by atoms with Gasteiger partial charge in [0.2, 0.25) is 5.88 Å². The van der Waals surface area contributed by atoms with Crippen LogP contribution in [0.4, 0.5) is 17.7 Å². The fourth-order valence-corrected chi connectivity index (χ4v) is 5.99. The van der Waals surface area contributed by atoms with Gasteiger partial charge in [0.1, 0.15) is 41.0 Å². The van der Waals surface area contributed by atoms with E-state index in [1.54, 1.807) is 4.57 Å². The van der Waals surface area contributed by atoms with Crippen molar-refractivity contribution in [1.29, 1.82) is 5.26 Å². The van der Waals surface area contributed by atoms with E-state index >= 15 is 8.78 Å². The van der Waals surface area contributed by atoms with E-state index in [4.69, 9.17) is 19.7 Å². The van der Waals surface area contributed by atoms with Crippen molar-refractivity contribution in [3.05, 3.63) is 112 Å². The summed E-state index contributed by atoms with van der Waals surface area (Å²) < 4.78 is 72.4. The summed E-state index contributed by atoms with van der Waals surface area (Å²) in [7, 11) is 0. The molecule has 0 saturated carbocycles. The predicted molar refractivity (Wildman–Crippen MR) is 181 cm³/mol. The number of benzene rings is 3. The third-order valence-corrected chi connectivity index (χ3v) is 8.68. The Morgan fingerprint density at radius 2 is 1.83 bits per heavy atom. The second kappa shape index (κ2) is 14.1. The second-order valence-electron chi connectivity index (χ2n) is 13.7. The van der Waals surface area contributed by atoms with Gasteiger partial charge in [0.15, 0.2) is 0 Å². The van der Waals surface area contributed by atoms with E-state index in [-0.39, 0.29) is 70.6 Å². The summed E-state index contributed by atoms with van der Waals surface area (Å²) in [6, 6.07) is 14.7. The molecule has 52 heavy (non-hydrogen) atoms. The lowest BCUT2D eigenvalue weighted by Crippen LogP contribution is -2.27. The van der Waals surface area contributed by atoms with Crippen LogP contribution in [0.15, 0.2) is 60.7 Å². The molecule has 1 aliphatic rings. The SMILES string of the molecule is CC(C)(O)C#Cc1cc(C(=O)OF)cc2c1nc(Cc1cc(F)c(-c3cccc(OCc4ccc(C#N)cc4F)n3)cc1F)n2C1COCC1(C)C. The van der Waals surface area contributed by atoms with Gasteiger partial charge in [-0.25, -0.2) is 32.9 Å². The van der Waals surface area contributed by atoms with Crippen LogP contribution in [0.25, 0.3) is 22.3 Å². The Labute approximate surface area is 296 Å². The van der Waals surface area contributed by atoms with Crippen LogP contribution in [-0.4, -0.2) is 44.4 Å². The summed E-state index contributed by atoms with van der Waals surface area (Å²) in [5.41, 5.74) is -0.967. The maximum Gasteiger partial charge on any atom is 0.379 e. The summed E-state index contributed by atoms with van der Waals surface area (Å²) >= 11 is 0. The number of hydrogen-bond donors (Lipinski definition) is 1. The number of hydrogen-bond acceptors (Lipinski definition) is 8. The number of aliphatic hydroxyl groups is 1. The summed E-state index contributed by atoms with van der Waals surface area (Å²) in [6.45, 7) is 7.28. The molecule has 1 aliphatic heterocycles. The van der Waals surface area contributed by atoms with E-state index < -0.39 is 34.4 Å². The minimum Gasteiger partial charge on any atom is -0.473 e. The molecule has 266 valence electrons. The predicted octanol–water partition coefficient (Wildman–Crippen LogP) is 7.32. The molecule has 3 heterocycles. The van der Waals surface area contributed by atoms with E-state index in [9.17, 15) is 18.8 Å². The zero-order chi connectivity index (χ0) is 37.4. The third-order valence-electron chi connectivity index (χ3n) is 8.68. The number of halogens is 4. The molecule has 1 unspecified atom stereocenters. The molecule has 1 fully saturated rings. The molecular formula is C39H32F4N4O5. The molecule has 3 aromatic carbocycles. The number of rotatable bonds is 8. The fraction of sp³-hybridized carbons (Fsp3) is 0.282. The van der Waals surface area contributed by atoms with Crippen molar-refractivity contribution in [1.82, 2.24) is 14.5 Å². The number of nitriles is 1. The lowest BCUT2D eigenvalue weighted by Gasteiger charge is -2.28. The lowest BCUT2D eigenvalue weighted by molar-refractivity contribution is -0.0787. The zero-order valence-corrected chi connectivity index (χ0v) is 28.6. The number of fused-ring (bicyclic) bond motifs is 1. The molecular weight excluding hydrogens is 680 g/mol. The molecule has 0 radical (unpaired) electrons. The van der Waals surface area contributed by atoms with Crippen molar-refractivity contribution in [3.8, 4) is 35.0 Å². The van der Waals surface area contributed by atoms with Crippen molar-refractivity contribution in [3.63, 3.8) is 0 Å². The highest BCUT2D eigenvalue weighted by Gasteiger charge is 2.39. The molecule has 0 aliphatic carbocycles. The second-order valence-corrected chi connectivity index (χ2v) is 13.7. The Hall–Kier alpha value is -5.76. The molecule has 1 N–H and O–H groups in total. The van der Waals surface area contributed by atoms with Crippen LogP contribution in [0.1, 0.15) is 72.2 Å². The van der Waals surface area contributed by atoms with E-state index in [1.807, 2.05) is 19.9 Å². The first kappa shape index (κ1) is 36.0. The highest BCUT2D eigenvalue weighted by molar-refractivity contribution is 5.96. The number of carbonyl (C=O) groups is 1. The van der Waals surface area contributed by atoms with Crippen LogP contribution in [0.2, 0.25) is 0 Å². The van der Waals surface area contributed by atoms with Gasteiger partial charge in [-0.05, 0) is 61.9 Å². The molecule has 9 nitrogen and oxygen atoms in total. The Morgan fingerprint density at radius 1 is 1.06 bits per heavy atom. The monoisotopic (exact) mass is 712 g/mol. The third kappa shape index (κ3) is 7.47. The number of pyridine rings is 1. The van der Waals surface area contributed by atoms with E-state index in [2.05, 4.69) is 21.8 Å². The van der Waals surface area contributed by atoms with Gasteiger partial charge in [0.25, 0.3) is 0 Å². The van der Waals surface area contributed by atoms with Gasteiger partial charge in [-0.15, -0.1) is 0 Å². The number of carbonyl (C=O) groups excluding carboxylic acids is 1. The minimum atomic E-state index is -1.42. The van der Waals surface area contributed by atoms with Crippen LogP contribution >= 0.6 is 0 Å². The van der Waals surface area contributed by atoms with Crippen LogP contribution in [0.5, 0.6) is 5.88 Å². The first-order valence-corrected chi connectivity index (χ1v) is 16.1. The topological polar surface area (TPSA) is 119 Å². The number of imidazole rings is 1. The van der Waals surface area contributed by atoms with Gasteiger partial charge < -0.3 is 19.1 Å². The van der Waals surface area contributed by atoms with Gasteiger partial charge in [0.05, 0.1) is 53.2 Å². The number of nitrogens with zero attached hydrogens (tertiary/aromatic N) is 4. The summed E-state index contributed by atoms with van der Waals surface area (Å²) in [4.78, 5) is 25.0. The van der Waals surface area contributed by atoms with Gasteiger partial charge in [-0.1, -0.05) is 37.8 Å². The molecule has 1 saturated heterocycles. The van der Waals surface area contributed by atoms with E-state index in [0.717, 1.165) is 18.2 Å². The average Bonchev–Trinajstić information content (AvgIpc) is 3.64. The maximum absolute atomic E-state index is 15.9. The van der Waals surface area contributed by atoms with Gasteiger partial charge in [-0.2, -0.15) is 5.26 Å². The minimum absolute atomic E-state index is 0.0364. The molecule has 0 amide bonds. The Morgan fingerprint density at radius 3 is 2.50 bits per heavy atom. The summed E-state index contributed by atoms with van der Waals surface area (Å²) in [5, 5.41) is 19.2. The van der Waals surface area contributed by atoms with E-state index in [0.29, 0.717) is 23.5 Å². The highest BCUT2D eigenvalue weighted by Crippen LogP contribution is 2.41. The molecule has 1 atom stereocenters.